The summed E-state index contributed by atoms with van der Waals surface area (Å²) < 4.78 is 0. The summed E-state index contributed by atoms with van der Waals surface area (Å²) in [5.74, 6) is 1.61. The fraction of sp³-hybridized carbons (Fsp3) is 0.600. The lowest BCUT2D eigenvalue weighted by Gasteiger charge is -2.21. The van der Waals surface area contributed by atoms with Crippen LogP contribution in [0.3, 0.4) is 0 Å². The Morgan fingerprint density at radius 1 is 1.18 bits per heavy atom. The quantitative estimate of drug-likeness (QED) is 0.868. The number of aryl methyl sites for hydroxylation is 1. The molecular weight excluding hydrogens is 208 g/mol. The molecule has 1 aromatic rings. The second-order valence-corrected chi connectivity index (χ2v) is 5.69. The molecule has 17 heavy (non-hydrogen) atoms. The second kappa shape index (κ2) is 5.19. The van der Waals surface area contributed by atoms with Crippen LogP contribution in [-0.2, 0) is 0 Å². The van der Waals surface area contributed by atoms with E-state index in [0.717, 1.165) is 18.4 Å². The Morgan fingerprint density at radius 2 is 1.71 bits per heavy atom. The van der Waals surface area contributed by atoms with Crippen LogP contribution in [0.2, 0.25) is 0 Å². The molecule has 0 spiro atoms. The average molecular weight is 232 g/mol. The highest BCUT2D eigenvalue weighted by Crippen LogP contribution is 2.24. The van der Waals surface area contributed by atoms with Gasteiger partial charge in [-0.25, -0.2) is 0 Å². The summed E-state index contributed by atoms with van der Waals surface area (Å²) in [6.45, 7) is 10.2. The van der Waals surface area contributed by atoms with Gasteiger partial charge in [0, 0.05) is 25.7 Å². The van der Waals surface area contributed by atoms with Crippen LogP contribution in [0.25, 0.3) is 0 Å². The number of rotatable bonds is 3. The van der Waals surface area contributed by atoms with E-state index in [2.05, 4.69) is 49.9 Å². The minimum atomic E-state index is 0.146. The van der Waals surface area contributed by atoms with Gasteiger partial charge in [0.05, 0.1) is 0 Å². The molecule has 2 nitrogen and oxygen atoms in total. The molecule has 0 saturated carbocycles. The zero-order valence-corrected chi connectivity index (χ0v) is 11.2. The number of benzene rings is 1. The molecule has 0 aliphatic carbocycles. The van der Waals surface area contributed by atoms with Crippen molar-refractivity contribution in [1.82, 2.24) is 4.90 Å². The first kappa shape index (κ1) is 12.6. The van der Waals surface area contributed by atoms with Crippen molar-refractivity contribution in [2.45, 2.75) is 26.8 Å². The van der Waals surface area contributed by atoms with E-state index in [4.69, 9.17) is 5.73 Å². The smallest absolute Gasteiger partial charge is 0.0424 e. The van der Waals surface area contributed by atoms with Crippen LogP contribution in [0.1, 0.15) is 31.0 Å². The first-order valence-corrected chi connectivity index (χ1v) is 6.60. The average Bonchev–Trinajstić information content (AvgIpc) is 2.58. The Hall–Kier alpha value is -0.860. The third kappa shape index (κ3) is 3.08. The summed E-state index contributed by atoms with van der Waals surface area (Å²) in [4.78, 5) is 2.50. The van der Waals surface area contributed by atoms with E-state index in [9.17, 15) is 0 Å². The van der Waals surface area contributed by atoms with Crippen LogP contribution < -0.4 is 5.73 Å². The minimum absolute atomic E-state index is 0.146. The fourth-order valence-electron chi connectivity index (χ4n) is 2.60. The first-order chi connectivity index (χ1) is 8.06. The Labute approximate surface area is 105 Å². The molecule has 2 heteroatoms. The molecule has 1 heterocycles. The highest BCUT2D eigenvalue weighted by molar-refractivity contribution is 5.24. The van der Waals surface area contributed by atoms with Crippen LogP contribution in [0.4, 0.5) is 0 Å². The Balaban J connectivity index is 1.93. The highest BCUT2D eigenvalue weighted by atomic mass is 15.2. The van der Waals surface area contributed by atoms with Gasteiger partial charge in [0.25, 0.3) is 0 Å². The van der Waals surface area contributed by atoms with Gasteiger partial charge in [0.2, 0.25) is 0 Å². The molecule has 1 aromatic carbocycles. The van der Waals surface area contributed by atoms with Crippen LogP contribution in [0.5, 0.6) is 0 Å². The number of likely N-dealkylation sites (tertiary alicyclic amines) is 1. The predicted molar refractivity (Wildman–Crippen MR) is 72.9 cm³/mol. The third-order valence-electron chi connectivity index (χ3n) is 4.02. The Kier molecular flexibility index (Phi) is 3.85. The Morgan fingerprint density at radius 3 is 2.24 bits per heavy atom. The van der Waals surface area contributed by atoms with E-state index in [1.54, 1.807) is 0 Å². The lowest BCUT2D eigenvalue weighted by Crippen LogP contribution is -2.30. The summed E-state index contributed by atoms with van der Waals surface area (Å²) in [6.07, 6.45) is 0. The van der Waals surface area contributed by atoms with Gasteiger partial charge in [-0.3, -0.25) is 0 Å². The molecule has 0 bridgehead atoms. The van der Waals surface area contributed by atoms with Gasteiger partial charge in [0.1, 0.15) is 0 Å². The summed E-state index contributed by atoms with van der Waals surface area (Å²) in [6, 6.07) is 8.74. The SMILES string of the molecule is Cc1ccc(C(N)CN2CC(C)C(C)C2)cc1. The molecule has 3 atom stereocenters. The maximum Gasteiger partial charge on any atom is 0.0424 e. The zero-order valence-electron chi connectivity index (χ0n) is 11.2. The van der Waals surface area contributed by atoms with E-state index >= 15 is 0 Å². The number of nitrogens with zero attached hydrogens (tertiary/aromatic N) is 1. The monoisotopic (exact) mass is 232 g/mol. The molecule has 94 valence electrons. The highest BCUT2D eigenvalue weighted by Gasteiger charge is 2.26. The summed E-state index contributed by atoms with van der Waals surface area (Å²) in [5.41, 5.74) is 8.82. The molecule has 0 amide bonds. The van der Waals surface area contributed by atoms with Crippen molar-refractivity contribution in [3.63, 3.8) is 0 Å². The van der Waals surface area contributed by atoms with Crippen molar-refractivity contribution in [2.75, 3.05) is 19.6 Å². The summed E-state index contributed by atoms with van der Waals surface area (Å²) >= 11 is 0. The van der Waals surface area contributed by atoms with Gasteiger partial charge in [-0.05, 0) is 24.3 Å². The van der Waals surface area contributed by atoms with E-state index in [1.165, 1.54) is 24.2 Å². The largest absolute Gasteiger partial charge is 0.323 e. The normalized spacial score (nSPS) is 27.3. The fourth-order valence-corrected chi connectivity index (χ4v) is 2.60. The predicted octanol–water partition coefficient (Wildman–Crippen LogP) is 2.58. The van der Waals surface area contributed by atoms with Crippen molar-refractivity contribution >= 4 is 0 Å². The van der Waals surface area contributed by atoms with Gasteiger partial charge in [-0.15, -0.1) is 0 Å². The van der Waals surface area contributed by atoms with E-state index in [1.807, 2.05) is 0 Å². The lowest BCUT2D eigenvalue weighted by atomic mass is 10.0. The van der Waals surface area contributed by atoms with Crippen molar-refractivity contribution in [3.8, 4) is 0 Å². The molecular formula is C15H24N2. The lowest BCUT2D eigenvalue weighted by molar-refractivity contribution is 0.303. The van der Waals surface area contributed by atoms with Crippen molar-refractivity contribution in [3.05, 3.63) is 35.4 Å². The van der Waals surface area contributed by atoms with Gasteiger partial charge < -0.3 is 10.6 Å². The summed E-state index contributed by atoms with van der Waals surface area (Å²) in [5, 5.41) is 0. The minimum Gasteiger partial charge on any atom is -0.323 e. The van der Waals surface area contributed by atoms with E-state index in [0.29, 0.717) is 0 Å². The zero-order chi connectivity index (χ0) is 12.4. The van der Waals surface area contributed by atoms with Crippen LogP contribution in [0, 0.1) is 18.8 Å². The first-order valence-electron chi connectivity index (χ1n) is 6.60. The molecule has 2 N–H and O–H groups in total. The molecule has 1 aliphatic rings. The summed E-state index contributed by atoms with van der Waals surface area (Å²) in [7, 11) is 0. The topological polar surface area (TPSA) is 29.3 Å². The third-order valence-corrected chi connectivity index (χ3v) is 4.02. The standard InChI is InChI=1S/C15H24N2/c1-11-4-6-14(7-5-11)15(16)10-17-8-12(2)13(3)9-17/h4-7,12-13,15H,8-10,16H2,1-3H3. The molecule has 0 radical (unpaired) electrons. The molecule has 1 saturated heterocycles. The Bertz CT molecular complexity index is 348. The van der Waals surface area contributed by atoms with Crippen molar-refractivity contribution in [2.24, 2.45) is 17.6 Å². The van der Waals surface area contributed by atoms with Gasteiger partial charge >= 0.3 is 0 Å². The maximum absolute atomic E-state index is 6.27. The van der Waals surface area contributed by atoms with Gasteiger partial charge in [0.15, 0.2) is 0 Å². The molecule has 2 rings (SSSR count). The number of hydrogen-bond donors (Lipinski definition) is 1. The second-order valence-electron chi connectivity index (χ2n) is 5.69. The molecule has 1 aliphatic heterocycles. The van der Waals surface area contributed by atoms with Gasteiger partial charge in [-0.2, -0.15) is 0 Å². The van der Waals surface area contributed by atoms with Crippen LogP contribution >= 0.6 is 0 Å². The molecule has 0 aromatic heterocycles. The number of nitrogens with two attached hydrogens (primary N) is 1. The van der Waals surface area contributed by atoms with Gasteiger partial charge in [-0.1, -0.05) is 43.7 Å². The van der Waals surface area contributed by atoms with E-state index < -0.39 is 0 Å². The van der Waals surface area contributed by atoms with Crippen molar-refractivity contribution in [1.29, 1.82) is 0 Å². The van der Waals surface area contributed by atoms with Crippen LogP contribution in [-0.4, -0.2) is 24.5 Å². The molecule has 3 unspecified atom stereocenters. The maximum atomic E-state index is 6.27. The molecule has 1 fully saturated rings. The number of hydrogen-bond acceptors (Lipinski definition) is 2. The van der Waals surface area contributed by atoms with E-state index in [-0.39, 0.29) is 6.04 Å². The van der Waals surface area contributed by atoms with Crippen LogP contribution in [0.15, 0.2) is 24.3 Å². The van der Waals surface area contributed by atoms with Crippen molar-refractivity contribution < 1.29 is 0 Å².